The predicted molar refractivity (Wildman–Crippen MR) is 60.0 cm³/mol. The third-order valence-corrected chi connectivity index (χ3v) is 2.77. The molecule has 0 bridgehead atoms. The second-order valence-corrected chi connectivity index (χ2v) is 3.91. The van der Waals surface area contributed by atoms with Crippen LogP contribution in [0.15, 0.2) is 11.8 Å². The van der Waals surface area contributed by atoms with E-state index >= 15 is 0 Å². The lowest BCUT2D eigenvalue weighted by molar-refractivity contribution is -0.141. The molecule has 0 aromatic rings. The number of hydrogen-bond acceptors (Lipinski definition) is 5. The van der Waals surface area contributed by atoms with Gasteiger partial charge in [0, 0.05) is 6.42 Å². The van der Waals surface area contributed by atoms with Crippen molar-refractivity contribution in [3.8, 4) is 0 Å². The first-order chi connectivity index (χ1) is 8.04. The molecule has 0 aliphatic carbocycles. The van der Waals surface area contributed by atoms with E-state index in [4.69, 9.17) is 9.84 Å². The number of ether oxygens (including phenoxy) is 1. The average Bonchev–Trinajstić information content (AvgIpc) is 2.35. The summed E-state index contributed by atoms with van der Waals surface area (Å²) in [5.74, 6) is 0.107. The SMILES string of the molecule is C/C=C1/OC(CO)C(O)[C@H](O)C1NC(=O)CC. The highest BCUT2D eigenvalue weighted by atomic mass is 16.5. The molecule has 17 heavy (non-hydrogen) atoms. The van der Waals surface area contributed by atoms with Crippen molar-refractivity contribution in [3.05, 3.63) is 11.8 Å². The number of carbonyl (C=O) groups excluding carboxylic acids is 1. The Morgan fingerprint density at radius 1 is 1.47 bits per heavy atom. The van der Waals surface area contributed by atoms with Gasteiger partial charge < -0.3 is 25.4 Å². The van der Waals surface area contributed by atoms with E-state index in [1.54, 1.807) is 19.9 Å². The van der Waals surface area contributed by atoms with Crippen molar-refractivity contribution in [2.24, 2.45) is 0 Å². The van der Waals surface area contributed by atoms with Crippen LogP contribution in [-0.4, -0.2) is 52.2 Å². The zero-order valence-electron chi connectivity index (χ0n) is 9.96. The number of nitrogens with one attached hydrogen (secondary N) is 1. The molecule has 1 aliphatic rings. The molecule has 4 atom stereocenters. The molecule has 6 heteroatoms. The average molecular weight is 245 g/mol. The maximum absolute atomic E-state index is 11.3. The normalized spacial score (nSPS) is 35.5. The lowest BCUT2D eigenvalue weighted by Crippen LogP contribution is -2.58. The summed E-state index contributed by atoms with van der Waals surface area (Å²) in [5.41, 5.74) is 0. The minimum absolute atomic E-state index is 0.244. The summed E-state index contributed by atoms with van der Waals surface area (Å²) in [5, 5.41) is 31.1. The molecule has 1 amide bonds. The first kappa shape index (κ1) is 14.0. The highest BCUT2D eigenvalue weighted by molar-refractivity contribution is 5.76. The minimum atomic E-state index is -1.23. The Balaban J connectivity index is 2.84. The van der Waals surface area contributed by atoms with Gasteiger partial charge in [0.2, 0.25) is 5.91 Å². The molecule has 3 unspecified atom stereocenters. The molecule has 1 fully saturated rings. The van der Waals surface area contributed by atoms with Crippen LogP contribution in [0.3, 0.4) is 0 Å². The first-order valence-electron chi connectivity index (χ1n) is 5.64. The predicted octanol–water partition coefficient (Wildman–Crippen LogP) is -1.10. The van der Waals surface area contributed by atoms with Gasteiger partial charge in [0.05, 0.1) is 6.61 Å². The second kappa shape index (κ2) is 6.00. The number of carbonyl (C=O) groups is 1. The number of aliphatic hydroxyl groups excluding tert-OH is 3. The Bertz CT molecular complexity index is 304. The van der Waals surface area contributed by atoms with Crippen LogP contribution < -0.4 is 5.32 Å². The van der Waals surface area contributed by atoms with Gasteiger partial charge in [0.1, 0.15) is 30.1 Å². The monoisotopic (exact) mass is 245 g/mol. The van der Waals surface area contributed by atoms with Gasteiger partial charge in [-0.15, -0.1) is 0 Å². The van der Waals surface area contributed by atoms with Gasteiger partial charge in [0.15, 0.2) is 0 Å². The fourth-order valence-electron chi connectivity index (χ4n) is 1.73. The van der Waals surface area contributed by atoms with E-state index in [1.165, 1.54) is 0 Å². The van der Waals surface area contributed by atoms with Gasteiger partial charge in [0.25, 0.3) is 0 Å². The van der Waals surface area contributed by atoms with Crippen LogP contribution in [0, 0.1) is 0 Å². The van der Waals surface area contributed by atoms with E-state index in [-0.39, 0.29) is 12.3 Å². The zero-order valence-corrected chi connectivity index (χ0v) is 9.96. The van der Waals surface area contributed by atoms with E-state index in [1.807, 2.05) is 0 Å². The summed E-state index contributed by atoms with van der Waals surface area (Å²) in [6.07, 6.45) is -1.42. The molecule has 6 nitrogen and oxygen atoms in total. The van der Waals surface area contributed by atoms with Crippen molar-refractivity contribution in [1.82, 2.24) is 5.32 Å². The van der Waals surface area contributed by atoms with Crippen molar-refractivity contribution in [3.63, 3.8) is 0 Å². The summed E-state index contributed by atoms with van der Waals surface area (Å²) in [7, 11) is 0. The summed E-state index contributed by atoms with van der Waals surface area (Å²) in [6, 6.07) is -0.773. The zero-order chi connectivity index (χ0) is 13.0. The Morgan fingerprint density at radius 2 is 2.12 bits per heavy atom. The minimum Gasteiger partial charge on any atom is -0.488 e. The Hall–Kier alpha value is -1.11. The van der Waals surface area contributed by atoms with Gasteiger partial charge in [-0.2, -0.15) is 0 Å². The standard InChI is InChI=1S/C11H19NO5/c1-3-6-9(12-8(14)4-2)11(16)10(15)7(5-13)17-6/h3,7,9-11,13,15-16H,4-5H2,1-2H3,(H,12,14)/b6-3+/t7?,9?,10?,11-/m1/s1. The first-order valence-corrected chi connectivity index (χ1v) is 5.64. The third kappa shape index (κ3) is 2.96. The van der Waals surface area contributed by atoms with Crippen LogP contribution in [0.4, 0.5) is 0 Å². The highest BCUT2D eigenvalue weighted by Crippen LogP contribution is 2.23. The van der Waals surface area contributed by atoms with Crippen LogP contribution >= 0.6 is 0 Å². The summed E-state index contributed by atoms with van der Waals surface area (Å²) >= 11 is 0. The number of rotatable bonds is 3. The molecule has 0 spiro atoms. The van der Waals surface area contributed by atoms with Crippen LogP contribution in [0.1, 0.15) is 20.3 Å². The molecule has 0 radical (unpaired) electrons. The van der Waals surface area contributed by atoms with Crippen molar-refractivity contribution in [1.29, 1.82) is 0 Å². The maximum atomic E-state index is 11.3. The van der Waals surface area contributed by atoms with Crippen molar-refractivity contribution in [2.75, 3.05) is 6.61 Å². The molecule has 0 saturated carbocycles. The molecule has 1 aliphatic heterocycles. The van der Waals surface area contributed by atoms with E-state index < -0.39 is 31.0 Å². The number of hydrogen-bond donors (Lipinski definition) is 4. The smallest absolute Gasteiger partial charge is 0.220 e. The van der Waals surface area contributed by atoms with E-state index in [0.29, 0.717) is 5.76 Å². The van der Waals surface area contributed by atoms with Crippen LogP contribution in [0.5, 0.6) is 0 Å². The number of amides is 1. The van der Waals surface area contributed by atoms with Crippen LogP contribution in [-0.2, 0) is 9.53 Å². The van der Waals surface area contributed by atoms with Gasteiger partial charge >= 0.3 is 0 Å². The van der Waals surface area contributed by atoms with Crippen molar-refractivity contribution in [2.45, 2.75) is 44.6 Å². The highest BCUT2D eigenvalue weighted by Gasteiger charge is 2.41. The van der Waals surface area contributed by atoms with E-state index in [2.05, 4.69) is 5.32 Å². The molecule has 0 aromatic heterocycles. The fourth-order valence-corrected chi connectivity index (χ4v) is 1.73. The second-order valence-electron chi connectivity index (χ2n) is 3.91. The molecule has 1 rings (SSSR count). The number of aliphatic hydroxyl groups is 3. The molecular formula is C11H19NO5. The summed E-state index contributed by atoms with van der Waals surface area (Å²) in [6.45, 7) is 2.98. The maximum Gasteiger partial charge on any atom is 0.220 e. The van der Waals surface area contributed by atoms with Crippen LogP contribution in [0.25, 0.3) is 0 Å². The largest absolute Gasteiger partial charge is 0.488 e. The topological polar surface area (TPSA) is 99.0 Å². The molecule has 98 valence electrons. The van der Waals surface area contributed by atoms with Gasteiger partial charge in [-0.1, -0.05) is 6.92 Å². The quantitative estimate of drug-likeness (QED) is 0.506. The molecule has 1 heterocycles. The Kier molecular flexibility index (Phi) is 4.92. The van der Waals surface area contributed by atoms with E-state index in [9.17, 15) is 15.0 Å². The van der Waals surface area contributed by atoms with Crippen LogP contribution in [0.2, 0.25) is 0 Å². The Morgan fingerprint density at radius 3 is 2.59 bits per heavy atom. The number of allylic oxidation sites excluding steroid dienone is 1. The lowest BCUT2D eigenvalue weighted by Gasteiger charge is -2.39. The third-order valence-electron chi connectivity index (χ3n) is 2.77. The van der Waals surface area contributed by atoms with Crippen molar-refractivity contribution >= 4 is 5.91 Å². The van der Waals surface area contributed by atoms with Gasteiger partial charge in [-0.3, -0.25) is 4.79 Å². The Labute approximate surface area is 99.9 Å². The summed E-state index contributed by atoms with van der Waals surface area (Å²) in [4.78, 5) is 11.3. The van der Waals surface area contributed by atoms with Gasteiger partial charge in [-0.05, 0) is 13.0 Å². The van der Waals surface area contributed by atoms with E-state index in [0.717, 1.165) is 0 Å². The van der Waals surface area contributed by atoms with Gasteiger partial charge in [-0.25, -0.2) is 0 Å². The fraction of sp³-hybridized carbons (Fsp3) is 0.727. The molecule has 0 aromatic carbocycles. The van der Waals surface area contributed by atoms with Crippen molar-refractivity contribution < 1.29 is 24.9 Å². The molecular weight excluding hydrogens is 226 g/mol. The summed E-state index contributed by atoms with van der Waals surface area (Å²) < 4.78 is 5.31. The molecule has 1 saturated heterocycles. The lowest BCUT2D eigenvalue weighted by atomic mass is 9.95. The molecule has 4 N–H and O–H groups in total.